The fourth-order valence-corrected chi connectivity index (χ4v) is 2.79. The fraction of sp³-hybridized carbons (Fsp3) is 0.136. The number of halogens is 1. The second-order valence-electron chi connectivity index (χ2n) is 6.32. The number of pyridine rings is 1. The van der Waals surface area contributed by atoms with Crippen LogP contribution in [-0.4, -0.2) is 30.0 Å². The molecule has 2 amide bonds. The number of carbonyl (C=O) groups excluding carboxylic acids is 2. The SMILES string of the molecule is COc1cc(NC(=O)C(C)Oc2cccc(Cl)c2)ccc1NC(=O)c1cccnc1. The number of rotatable bonds is 7. The standard InChI is InChI=1S/C22H20ClN3O4/c1-14(30-18-7-3-6-16(23)11-18)21(27)25-17-8-9-19(20(12-17)29-2)26-22(28)15-5-4-10-24-13-15/h3-14H,1-2H3,(H,25,27)(H,26,28). The van der Waals surface area contributed by atoms with Crippen LogP contribution >= 0.6 is 11.6 Å². The van der Waals surface area contributed by atoms with Gasteiger partial charge in [-0.3, -0.25) is 14.6 Å². The Balaban J connectivity index is 1.66. The van der Waals surface area contributed by atoms with Gasteiger partial charge < -0.3 is 20.1 Å². The monoisotopic (exact) mass is 425 g/mol. The Labute approximate surface area is 179 Å². The second-order valence-corrected chi connectivity index (χ2v) is 6.75. The molecule has 1 unspecified atom stereocenters. The molecule has 0 aliphatic heterocycles. The first-order valence-corrected chi connectivity index (χ1v) is 9.46. The number of anilines is 2. The summed E-state index contributed by atoms with van der Waals surface area (Å²) >= 11 is 5.93. The lowest BCUT2D eigenvalue weighted by Gasteiger charge is -2.16. The Bertz CT molecular complexity index is 1040. The highest BCUT2D eigenvalue weighted by Crippen LogP contribution is 2.28. The smallest absolute Gasteiger partial charge is 0.265 e. The predicted octanol–water partition coefficient (Wildman–Crippen LogP) is 4.40. The highest BCUT2D eigenvalue weighted by Gasteiger charge is 2.17. The maximum absolute atomic E-state index is 12.5. The van der Waals surface area contributed by atoms with E-state index in [4.69, 9.17) is 21.1 Å². The summed E-state index contributed by atoms with van der Waals surface area (Å²) in [5, 5.41) is 6.05. The minimum Gasteiger partial charge on any atom is -0.494 e. The van der Waals surface area contributed by atoms with Crippen molar-refractivity contribution in [1.29, 1.82) is 0 Å². The molecule has 7 nitrogen and oxygen atoms in total. The van der Waals surface area contributed by atoms with Gasteiger partial charge in [0, 0.05) is 29.2 Å². The zero-order chi connectivity index (χ0) is 21.5. The van der Waals surface area contributed by atoms with Crippen molar-refractivity contribution in [3.63, 3.8) is 0 Å². The molecule has 0 spiro atoms. The Morgan fingerprint density at radius 3 is 2.60 bits per heavy atom. The first-order chi connectivity index (χ1) is 14.5. The summed E-state index contributed by atoms with van der Waals surface area (Å²) < 4.78 is 11.0. The van der Waals surface area contributed by atoms with Crippen LogP contribution in [0.15, 0.2) is 67.0 Å². The van der Waals surface area contributed by atoms with Gasteiger partial charge in [0.05, 0.1) is 18.4 Å². The number of hydrogen-bond donors (Lipinski definition) is 2. The molecule has 1 atom stereocenters. The van der Waals surface area contributed by atoms with Gasteiger partial charge in [-0.15, -0.1) is 0 Å². The normalized spacial score (nSPS) is 11.3. The summed E-state index contributed by atoms with van der Waals surface area (Å²) in [6, 6.07) is 15.1. The van der Waals surface area contributed by atoms with Crippen LogP contribution in [0.3, 0.4) is 0 Å². The molecular formula is C22H20ClN3O4. The molecule has 1 heterocycles. The van der Waals surface area contributed by atoms with Crippen molar-refractivity contribution in [3.8, 4) is 11.5 Å². The van der Waals surface area contributed by atoms with E-state index in [1.165, 1.54) is 13.3 Å². The topological polar surface area (TPSA) is 89.5 Å². The maximum Gasteiger partial charge on any atom is 0.265 e. The molecule has 0 fully saturated rings. The van der Waals surface area contributed by atoms with Gasteiger partial charge in [0.25, 0.3) is 11.8 Å². The van der Waals surface area contributed by atoms with Crippen LogP contribution in [0.1, 0.15) is 17.3 Å². The zero-order valence-electron chi connectivity index (χ0n) is 16.4. The average Bonchev–Trinajstić information content (AvgIpc) is 2.75. The Morgan fingerprint density at radius 1 is 1.07 bits per heavy atom. The van der Waals surface area contributed by atoms with Crippen molar-refractivity contribution in [3.05, 3.63) is 77.6 Å². The molecule has 1 aromatic heterocycles. The number of hydrogen-bond acceptors (Lipinski definition) is 5. The highest BCUT2D eigenvalue weighted by atomic mass is 35.5. The van der Waals surface area contributed by atoms with Gasteiger partial charge in [0.2, 0.25) is 0 Å². The molecule has 0 saturated carbocycles. The molecule has 0 saturated heterocycles. The van der Waals surface area contributed by atoms with E-state index in [0.717, 1.165) is 0 Å². The van der Waals surface area contributed by atoms with Crippen molar-refractivity contribution in [2.75, 3.05) is 17.7 Å². The lowest BCUT2D eigenvalue weighted by molar-refractivity contribution is -0.122. The molecule has 8 heteroatoms. The van der Waals surface area contributed by atoms with E-state index in [0.29, 0.717) is 33.5 Å². The first-order valence-electron chi connectivity index (χ1n) is 9.09. The molecule has 0 aliphatic rings. The van der Waals surface area contributed by atoms with E-state index >= 15 is 0 Å². The van der Waals surface area contributed by atoms with E-state index < -0.39 is 6.10 Å². The van der Waals surface area contributed by atoms with Gasteiger partial charge in [-0.05, 0) is 49.4 Å². The second kappa shape index (κ2) is 9.76. The minimum absolute atomic E-state index is 0.318. The summed E-state index contributed by atoms with van der Waals surface area (Å²) in [5.41, 5.74) is 1.38. The summed E-state index contributed by atoms with van der Waals surface area (Å²) in [6.45, 7) is 1.63. The number of benzene rings is 2. The van der Waals surface area contributed by atoms with Crippen molar-refractivity contribution in [2.24, 2.45) is 0 Å². The predicted molar refractivity (Wildman–Crippen MR) is 115 cm³/mol. The van der Waals surface area contributed by atoms with Gasteiger partial charge in [0.1, 0.15) is 11.5 Å². The van der Waals surface area contributed by atoms with Crippen molar-refractivity contribution < 1.29 is 19.1 Å². The number of methoxy groups -OCH3 is 1. The molecule has 3 aromatic rings. The lowest BCUT2D eigenvalue weighted by Crippen LogP contribution is -2.30. The zero-order valence-corrected chi connectivity index (χ0v) is 17.1. The minimum atomic E-state index is -0.751. The first kappa shape index (κ1) is 21.1. The number of nitrogens with zero attached hydrogens (tertiary/aromatic N) is 1. The van der Waals surface area contributed by atoms with E-state index in [-0.39, 0.29) is 11.8 Å². The van der Waals surface area contributed by atoms with Crippen LogP contribution < -0.4 is 20.1 Å². The van der Waals surface area contributed by atoms with Gasteiger partial charge in [-0.1, -0.05) is 17.7 Å². The highest BCUT2D eigenvalue weighted by molar-refractivity contribution is 6.30. The van der Waals surface area contributed by atoms with Crippen molar-refractivity contribution >= 4 is 34.8 Å². The van der Waals surface area contributed by atoms with Crippen LogP contribution in [0.5, 0.6) is 11.5 Å². The Kier molecular flexibility index (Phi) is 6.87. The molecule has 0 bridgehead atoms. The fourth-order valence-electron chi connectivity index (χ4n) is 2.61. The average molecular weight is 426 g/mol. The van der Waals surface area contributed by atoms with E-state index in [9.17, 15) is 9.59 Å². The van der Waals surface area contributed by atoms with E-state index in [1.54, 1.807) is 67.7 Å². The third kappa shape index (κ3) is 5.48. The molecular weight excluding hydrogens is 406 g/mol. The third-order valence-electron chi connectivity index (χ3n) is 4.12. The van der Waals surface area contributed by atoms with Crippen LogP contribution in [-0.2, 0) is 4.79 Å². The molecule has 2 aromatic carbocycles. The van der Waals surface area contributed by atoms with Gasteiger partial charge in [-0.25, -0.2) is 0 Å². The molecule has 154 valence electrons. The van der Waals surface area contributed by atoms with Crippen LogP contribution in [0.4, 0.5) is 11.4 Å². The maximum atomic E-state index is 12.5. The quantitative estimate of drug-likeness (QED) is 0.585. The summed E-state index contributed by atoms with van der Waals surface area (Å²) in [4.78, 5) is 28.7. The molecule has 3 rings (SSSR count). The summed E-state index contributed by atoms with van der Waals surface area (Å²) in [5.74, 6) is 0.232. The Morgan fingerprint density at radius 2 is 1.90 bits per heavy atom. The molecule has 30 heavy (non-hydrogen) atoms. The number of aromatic nitrogens is 1. The number of ether oxygens (including phenoxy) is 2. The summed E-state index contributed by atoms with van der Waals surface area (Å²) in [7, 11) is 1.48. The van der Waals surface area contributed by atoms with Gasteiger partial charge in [0.15, 0.2) is 6.10 Å². The van der Waals surface area contributed by atoms with Crippen molar-refractivity contribution in [1.82, 2.24) is 4.98 Å². The number of nitrogens with one attached hydrogen (secondary N) is 2. The van der Waals surface area contributed by atoms with Crippen LogP contribution in [0.2, 0.25) is 5.02 Å². The lowest BCUT2D eigenvalue weighted by atomic mass is 10.2. The van der Waals surface area contributed by atoms with E-state index in [1.807, 2.05) is 0 Å². The van der Waals surface area contributed by atoms with E-state index in [2.05, 4.69) is 15.6 Å². The number of amides is 2. The van der Waals surface area contributed by atoms with Gasteiger partial charge in [-0.2, -0.15) is 0 Å². The molecule has 0 aliphatic carbocycles. The van der Waals surface area contributed by atoms with Gasteiger partial charge >= 0.3 is 0 Å². The summed E-state index contributed by atoms with van der Waals surface area (Å²) in [6.07, 6.45) is 2.31. The van der Waals surface area contributed by atoms with Crippen LogP contribution in [0.25, 0.3) is 0 Å². The largest absolute Gasteiger partial charge is 0.494 e. The van der Waals surface area contributed by atoms with Crippen LogP contribution in [0, 0.1) is 0 Å². The Hall–Kier alpha value is -3.58. The number of carbonyl (C=O) groups is 2. The molecule has 0 radical (unpaired) electrons. The molecule has 2 N–H and O–H groups in total. The van der Waals surface area contributed by atoms with Crippen molar-refractivity contribution in [2.45, 2.75) is 13.0 Å². The third-order valence-corrected chi connectivity index (χ3v) is 4.35.